The second-order valence-corrected chi connectivity index (χ2v) is 8.53. The molecule has 2 N–H and O–H groups in total. The minimum Gasteiger partial charge on any atom is -0.390 e. The molecule has 2 saturated heterocycles. The highest BCUT2D eigenvalue weighted by Crippen LogP contribution is 2.26. The Bertz CT molecular complexity index is 858. The van der Waals surface area contributed by atoms with E-state index >= 15 is 0 Å². The number of β-amino-alcohol motifs (C(OH)–C–C–N with tert-alkyl or cyclic N) is 1. The molecule has 3 heterocycles. The second kappa shape index (κ2) is 8.89. The normalized spacial score (nSPS) is 25.4. The number of aromatic nitrogens is 1. The van der Waals surface area contributed by atoms with Crippen molar-refractivity contribution >= 4 is 23.3 Å². The largest absolute Gasteiger partial charge is 0.390 e. The first-order valence-electron chi connectivity index (χ1n) is 10.3. The van der Waals surface area contributed by atoms with Gasteiger partial charge in [0, 0.05) is 56.1 Å². The number of halogens is 1. The summed E-state index contributed by atoms with van der Waals surface area (Å²) in [6.07, 6.45) is 1.28. The standard InChI is InChI=1S/C22H27ClN4O3/c23-18-6-4-17(5-7-18)21(29)27-10-8-19(28)22(30,16-27)15-25-11-13-26(14-12-25)20-3-1-2-9-24-20/h1-7,9,19,28,30H,8,10-16H2/t19-,22+/m0/s1. The average molecular weight is 431 g/mol. The molecule has 2 atom stereocenters. The monoisotopic (exact) mass is 430 g/mol. The molecule has 1 aromatic heterocycles. The predicted molar refractivity (Wildman–Crippen MR) is 116 cm³/mol. The molecular weight excluding hydrogens is 404 g/mol. The lowest BCUT2D eigenvalue weighted by atomic mass is 9.88. The molecule has 2 aliphatic rings. The van der Waals surface area contributed by atoms with E-state index in [9.17, 15) is 15.0 Å². The molecule has 0 bridgehead atoms. The van der Waals surface area contributed by atoms with Crippen LogP contribution in [-0.2, 0) is 0 Å². The van der Waals surface area contributed by atoms with Gasteiger partial charge < -0.3 is 20.0 Å². The molecule has 2 fully saturated rings. The number of carbonyl (C=O) groups excluding carboxylic acids is 1. The highest BCUT2D eigenvalue weighted by molar-refractivity contribution is 6.30. The molecule has 0 aliphatic carbocycles. The Balaban J connectivity index is 1.38. The lowest BCUT2D eigenvalue weighted by Crippen LogP contribution is -2.64. The van der Waals surface area contributed by atoms with Crippen LogP contribution in [0.3, 0.4) is 0 Å². The molecule has 1 aromatic carbocycles. The van der Waals surface area contributed by atoms with Crippen LogP contribution in [0.1, 0.15) is 16.8 Å². The molecule has 30 heavy (non-hydrogen) atoms. The van der Waals surface area contributed by atoms with Gasteiger partial charge in [0.25, 0.3) is 5.91 Å². The zero-order chi connectivity index (χ0) is 21.1. The number of carbonyl (C=O) groups is 1. The first kappa shape index (κ1) is 21.1. The van der Waals surface area contributed by atoms with E-state index in [1.807, 2.05) is 18.2 Å². The number of likely N-dealkylation sites (tertiary alicyclic amines) is 1. The second-order valence-electron chi connectivity index (χ2n) is 8.09. The highest BCUT2D eigenvalue weighted by Gasteiger charge is 2.44. The Morgan fingerprint density at radius 2 is 1.83 bits per heavy atom. The molecule has 4 rings (SSSR count). The van der Waals surface area contributed by atoms with E-state index in [1.165, 1.54) is 0 Å². The van der Waals surface area contributed by atoms with E-state index in [2.05, 4.69) is 14.8 Å². The number of anilines is 1. The smallest absolute Gasteiger partial charge is 0.253 e. The van der Waals surface area contributed by atoms with Crippen molar-refractivity contribution in [1.29, 1.82) is 0 Å². The summed E-state index contributed by atoms with van der Waals surface area (Å²) < 4.78 is 0. The Hall–Kier alpha value is -2.19. The summed E-state index contributed by atoms with van der Waals surface area (Å²) in [6.45, 7) is 3.98. The van der Waals surface area contributed by atoms with Gasteiger partial charge in [-0.2, -0.15) is 0 Å². The van der Waals surface area contributed by atoms with Crippen LogP contribution < -0.4 is 4.90 Å². The third kappa shape index (κ3) is 4.59. The topological polar surface area (TPSA) is 80.1 Å². The van der Waals surface area contributed by atoms with Gasteiger partial charge >= 0.3 is 0 Å². The van der Waals surface area contributed by atoms with Gasteiger partial charge in [0.05, 0.1) is 12.6 Å². The third-order valence-electron chi connectivity index (χ3n) is 5.98. The molecule has 0 spiro atoms. The van der Waals surface area contributed by atoms with Gasteiger partial charge in [0.2, 0.25) is 0 Å². The number of aliphatic hydroxyl groups excluding tert-OH is 1. The minimum absolute atomic E-state index is 0.107. The molecule has 2 aliphatic heterocycles. The van der Waals surface area contributed by atoms with Crippen molar-refractivity contribution in [3.8, 4) is 0 Å². The lowest BCUT2D eigenvalue weighted by Gasteiger charge is -2.46. The number of rotatable bonds is 4. The van der Waals surface area contributed by atoms with Crippen LogP contribution in [0.25, 0.3) is 0 Å². The number of piperazine rings is 1. The zero-order valence-electron chi connectivity index (χ0n) is 16.8. The molecule has 160 valence electrons. The van der Waals surface area contributed by atoms with Crippen LogP contribution in [0.2, 0.25) is 5.02 Å². The fourth-order valence-electron chi connectivity index (χ4n) is 4.23. The molecule has 2 aromatic rings. The van der Waals surface area contributed by atoms with Crippen molar-refractivity contribution in [3.05, 3.63) is 59.2 Å². The Labute approximate surface area is 181 Å². The quantitative estimate of drug-likeness (QED) is 0.765. The zero-order valence-corrected chi connectivity index (χ0v) is 17.6. The van der Waals surface area contributed by atoms with Crippen molar-refractivity contribution in [2.45, 2.75) is 18.1 Å². The first-order chi connectivity index (χ1) is 14.4. The van der Waals surface area contributed by atoms with Crippen molar-refractivity contribution in [2.24, 2.45) is 0 Å². The number of piperidine rings is 1. The summed E-state index contributed by atoms with van der Waals surface area (Å²) in [5.74, 6) is 0.797. The van der Waals surface area contributed by atoms with Crippen LogP contribution in [0.4, 0.5) is 5.82 Å². The highest BCUT2D eigenvalue weighted by atomic mass is 35.5. The molecule has 0 unspecified atom stereocenters. The molecule has 8 heteroatoms. The first-order valence-corrected chi connectivity index (χ1v) is 10.7. The Morgan fingerprint density at radius 3 is 2.50 bits per heavy atom. The molecule has 1 amide bonds. The summed E-state index contributed by atoms with van der Waals surface area (Å²) in [5.41, 5.74) is -0.824. The van der Waals surface area contributed by atoms with E-state index < -0.39 is 11.7 Å². The number of hydrogen-bond acceptors (Lipinski definition) is 6. The van der Waals surface area contributed by atoms with E-state index in [0.29, 0.717) is 30.1 Å². The van der Waals surface area contributed by atoms with Gasteiger partial charge in [-0.05, 0) is 42.8 Å². The maximum atomic E-state index is 12.9. The van der Waals surface area contributed by atoms with Crippen molar-refractivity contribution in [2.75, 3.05) is 50.7 Å². The van der Waals surface area contributed by atoms with E-state index in [0.717, 1.165) is 32.0 Å². The maximum absolute atomic E-state index is 12.9. The maximum Gasteiger partial charge on any atom is 0.253 e. The summed E-state index contributed by atoms with van der Waals surface area (Å²) in [7, 11) is 0. The van der Waals surface area contributed by atoms with E-state index in [1.54, 1.807) is 35.4 Å². The number of nitrogens with zero attached hydrogens (tertiary/aromatic N) is 4. The summed E-state index contributed by atoms with van der Waals surface area (Å²) >= 11 is 5.91. The van der Waals surface area contributed by atoms with E-state index in [-0.39, 0.29) is 12.5 Å². The minimum atomic E-state index is -1.35. The third-order valence-corrected chi connectivity index (χ3v) is 6.23. The Kier molecular flexibility index (Phi) is 6.24. The van der Waals surface area contributed by atoms with Crippen LogP contribution in [0, 0.1) is 0 Å². The van der Waals surface area contributed by atoms with Crippen molar-refractivity contribution in [3.63, 3.8) is 0 Å². The number of pyridine rings is 1. The van der Waals surface area contributed by atoms with Gasteiger partial charge in [-0.25, -0.2) is 4.98 Å². The Morgan fingerprint density at radius 1 is 1.10 bits per heavy atom. The molecular formula is C22H27ClN4O3. The van der Waals surface area contributed by atoms with Gasteiger partial charge in [-0.3, -0.25) is 9.69 Å². The fraction of sp³-hybridized carbons (Fsp3) is 0.455. The van der Waals surface area contributed by atoms with Gasteiger partial charge in [-0.15, -0.1) is 0 Å². The fourth-order valence-corrected chi connectivity index (χ4v) is 4.35. The van der Waals surface area contributed by atoms with Crippen LogP contribution in [0.15, 0.2) is 48.7 Å². The summed E-state index contributed by atoms with van der Waals surface area (Å²) in [5, 5.41) is 22.4. The van der Waals surface area contributed by atoms with Crippen molar-refractivity contribution in [1.82, 2.24) is 14.8 Å². The number of hydrogen-bond donors (Lipinski definition) is 2. The van der Waals surface area contributed by atoms with Crippen molar-refractivity contribution < 1.29 is 15.0 Å². The number of amides is 1. The predicted octanol–water partition coefficient (Wildman–Crippen LogP) is 1.50. The average Bonchev–Trinajstić information content (AvgIpc) is 2.77. The summed E-state index contributed by atoms with van der Waals surface area (Å²) in [4.78, 5) is 23.3. The van der Waals surface area contributed by atoms with Gasteiger partial charge in [0.1, 0.15) is 11.4 Å². The number of aliphatic hydroxyl groups is 2. The van der Waals surface area contributed by atoms with Crippen LogP contribution >= 0.6 is 11.6 Å². The van der Waals surface area contributed by atoms with Gasteiger partial charge in [-0.1, -0.05) is 17.7 Å². The summed E-state index contributed by atoms with van der Waals surface area (Å²) in [6, 6.07) is 12.6. The van der Waals surface area contributed by atoms with Crippen LogP contribution in [0.5, 0.6) is 0 Å². The lowest BCUT2D eigenvalue weighted by molar-refractivity contribution is -0.127. The number of benzene rings is 1. The molecule has 0 saturated carbocycles. The SMILES string of the molecule is O=C(c1ccc(Cl)cc1)N1CC[C@H](O)[C@@](O)(CN2CCN(c3ccccn3)CC2)C1. The van der Waals surface area contributed by atoms with E-state index in [4.69, 9.17) is 11.6 Å². The van der Waals surface area contributed by atoms with Crippen LogP contribution in [-0.4, -0.2) is 88.4 Å². The molecule has 0 radical (unpaired) electrons. The molecule has 7 nitrogen and oxygen atoms in total. The van der Waals surface area contributed by atoms with Gasteiger partial charge in [0.15, 0.2) is 0 Å².